The van der Waals surface area contributed by atoms with Crippen LogP contribution in [0.3, 0.4) is 0 Å². The number of aromatic nitrogens is 2. The van der Waals surface area contributed by atoms with Crippen molar-refractivity contribution in [2.24, 2.45) is 0 Å². The fourth-order valence-electron chi connectivity index (χ4n) is 2.34. The van der Waals surface area contributed by atoms with Gasteiger partial charge in [0.25, 0.3) is 0 Å². The third-order valence-corrected chi connectivity index (χ3v) is 6.81. The zero-order chi connectivity index (χ0) is 23.6. The SMILES string of the molecule is C[Si](C)(C)CCOCn1ncc([N+](=O)[O-])c1-c1cc(Cl)ccc1OS(=O)(=O)C(F)(F)F. The summed E-state index contributed by atoms with van der Waals surface area (Å²) in [4.78, 5) is 10.6. The van der Waals surface area contributed by atoms with Crippen molar-refractivity contribution in [3.05, 3.63) is 39.5 Å². The van der Waals surface area contributed by atoms with E-state index < -0.39 is 40.1 Å². The van der Waals surface area contributed by atoms with Gasteiger partial charge in [-0.2, -0.15) is 26.7 Å². The Kier molecular flexibility index (Phi) is 7.40. The van der Waals surface area contributed by atoms with Crippen LogP contribution >= 0.6 is 11.6 Å². The molecule has 0 aliphatic carbocycles. The summed E-state index contributed by atoms with van der Waals surface area (Å²) >= 11 is 5.90. The van der Waals surface area contributed by atoms with Crippen LogP contribution < -0.4 is 4.18 Å². The molecule has 0 saturated carbocycles. The summed E-state index contributed by atoms with van der Waals surface area (Å²) in [6.45, 7) is 6.45. The van der Waals surface area contributed by atoms with Crippen molar-refractivity contribution in [2.75, 3.05) is 6.61 Å². The molecule has 2 rings (SSSR count). The minimum atomic E-state index is -6.03. The molecule has 0 aliphatic heterocycles. The molecule has 9 nitrogen and oxygen atoms in total. The quantitative estimate of drug-likeness (QED) is 0.123. The Balaban J connectivity index is 2.50. The molecular formula is C16H19ClF3N3O6SSi. The van der Waals surface area contributed by atoms with Crippen LogP contribution in [0.15, 0.2) is 24.4 Å². The number of ether oxygens (including phenoxy) is 1. The minimum absolute atomic E-state index is 0.0199. The van der Waals surface area contributed by atoms with E-state index in [4.69, 9.17) is 16.3 Å². The normalized spacial score (nSPS) is 12.7. The third kappa shape index (κ3) is 6.41. The second-order valence-electron chi connectivity index (χ2n) is 7.61. The number of nitrogens with zero attached hydrogens (tertiary/aromatic N) is 3. The molecule has 172 valence electrons. The lowest BCUT2D eigenvalue weighted by atomic mass is 10.1. The van der Waals surface area contributed by atoms with E-state index in [1.54, 1.807) is 0 Å². The van der Waals surface area contributed by atoms with Gasteiger partial charge < -0.3 is 8.92 Å². The van der Waals surface area contributed by atoms with Gasteiger partial charge in [0.2, 0.25) is 0 Å². The maximum absolute atomic E-state index is 12.8. The van der Waals surface area contributed by atoms with Gasteiger partial charge in [-0.3, -0.25) is 10.1 Å². The van der Waals surface area contributed by atoms with Gasteiger partial charge in [0, 0.05) is 19.7 Å². The standard InChI is InChI=1S/C16H19ClF3N3O6SSi/c1-31(2,3)7-6-28-10-22-15(13(9-21-22)23(24)25)12-8-11(17)4-5-14(12)29-30(26,27)16(18,19)20/h4-5,8-9H,6-7,10H2,1-3H3. The second-order valence-corrected chi connectivity index (χ2v) is 15.2. The highest BCUT2D eigenvalue weighted by Gasteiger charge is 2.49. The number of alkyl halides is 3. The number of nitro groups is 1. The molecule has 0 bridgehead atoms. The fourth-order valence-corrected chi connectivity index (χ4v) is 3.74. The molecule has 0 atom stereocenters. The van der Waals surface area contributed by atoms with Gasteiger partial charge in [-0.1, -0.05) is 31.2 Å². The number of halogens is 4. The van der Waals surface area contributed by atoms with Crippen LogP contribution in [-0.2, 0) is 21.6 Å². The fraction of sp³-hybridized carbons (Fsp3) is 0.438. The van der Waals surface area contributed by atoms with Crippen LogP contribution in [0.2, 0.25) is 30.7 Å². The molecule has 1 aromatic carbocycles. The summed E-state index contributed by atoms with van der Waals surface area (Å²) in [6.07, 6.45) is 0.875. The van der Waals surface area contributed by atoms with Crippen molar-refractivity contribution in [1.82, 2.24) is 9.78 Å². The maximum atomic E-state index is 12.8. The average Bonchev–Trinajstić information content (AvgIpc) is 3.02. The Hall–Kier alpha value is -2.16. The smallest absolute Gasteiger partial charge is 0.375 e. The Labute approximate surface area is 182 Å². The van der Waals surface area contributed by atoms with Crippen molar-refractivity contribution in [1.29, 1.82) is 0 Å². The van der Waals surface area contributed by atoms with Crippen LogP contribution in [0.1, 0.15) is 0 Å². The lowest BCUT2D eigenvalue weighted by Gasteiger charge is -2.16. The van der Waals surface area contributed by atoms with Gasteiger partial charge in [-0.05, 0) is 24.2 Å². The van der Waals surface area contributed by atoms with Crippen molar-refractivity contribution >= 4 is 35.5 Å². The number of rotatable bonds is 9. The second kappa shape index (κ2) is 9.14. The van der Waals surface area contributed by atoms with Gasteiger partial charge in [-0.15, -0.1) is 0 Å². The number of hydrogen-bond acceptors (Lipinski definition) is 7. The molecule has 0 amide bonds. The van der Waals surface area contributed by atoms with E-state index in [1.807, 2.05) is 0 Å². The Morgan fingerprint density at radius 1 is 1.29 bits per heavy atom. The number of hydrogen-bond donors (Lipinski definition) is 0. The first-order valence-corrected chi connectivity index (χ1v) is 14.2. The molecule has 2 aromatic rings. The van der Waals surface area contributed by atoms with E-state index in [2.05, 4.69) is 28.9 Å². The Bertz CT molecular complexity index is 1070. The number of benzene rings is 1. The molecule has 0 unspecified atom stereocenters. The Morgan fingerprint density at radius 2 is 1.94 bits per heavy atom. The topological polar surface area (TPSA) is 114 Å². The molecule has 0 saturated heterocycles. The van der Waals surface area contributed by atoms with E-state index in [0.717, 1.165) is 35.1 Å². The highest BCUT2D eigenvalue weighted by molar-refractivity contribution is 7.88. The van der Waals surface area contributed by atoms with E-state index in [1.165, 1.54) is 0 Å². The van der Waals surface area contributed by atoms with E-state index in [-0.39, 0.29) is 23.0 Å². The van der Waals surface area contributed by atoms with E-state index in [0.29, 0.717) is 6.61 Å². The first-order valence-electron chi connectivity index (χ1n) is 8.71. The van der Waals surface area contributed by atoms with Crippen LogP contribution in [0.25, 0.3) is 11.3 Å². The molecule has 0 aliphatic rings. The molecular weight excluding hydrogens is 483 g/mol. The minimum Gasteiger partial charge on any atom is -0.375 e. The molecule has 31 heavy (non-hydrogen) atoms. The van der Waals surface area contributed by atoms with Crippen LogP contribution in [0, 0.1) is 10.1 Å². The molecule has 1 aromatic heterocycles. The lowest BCUT2D eigenvalue weighted by molar-refractivity contribution is -0.384. The summed E-state index contributed by atoms with van der Waals surface area (Å²) in [7, 11) is -7.45. The zero-order valence-electron chi connectivity index (χ0n) is 16.6. The summed E-state index contributed by atoms with van der Waals surface area (Å²) in [5.74, 6) is -0.798. The molecule has 0 fully saturated rings. The average molecular weight is 502 g/mol. The van der Waals surface area contributed by atoms with E-state index in [9.17, 15) is 31.7 Å². The zero-order valence-corrected chi connectivity index (χ0v) is 19.2. The van der Waals surface area contributed by atoms with Gasteiger partial charge in [0.05, 0.1) is 10.5 Å². The van der Waals surface area contributed by atoms with Crippen molar-refractivity contribution in [3.63, 3.8) is 0 Å². The van der Waals surface area contributed by atoms with Crippen molar-refractivity contribution in [3.8, 4) is 17.0 Å². The first-order chi connectivity index (χ1) is 14.1. The lowest BCUT2D eigenvalue weighted by Crippen LogP contribution is -2.28. The molecule has 0 N–H and O–H groups in total. The monoisotopic (exact) mass is 501 g/mol. The molecule has 15 heteroatoms. The van der Waals surface area contributed by atoms with E-state index >= 15 is 0 Å². The van der Waals surface area contributed by atoms with Crippen LogP contribution in [0.5, 0.6) is 5.75 Å². The maximum Gasteiger partial charge on any atom is 0.534 e. The Morgan fingerprint density at radius 3 is 2.48 bits per heavy atom. The highest BCUT2D eigenvalue weighted by Crippen LogP contribution is 2.40. The third-order valence-electron chi connectivity index (χ3n) is 3.91. The molecule has 0 spiro atoms. The predicted molar refractivity (Wildman–Crippen MR) is 109 cm³/mol. The van der Waals surface area contributed by atoms with Gasteiger partial charge in [-0.25, -0.2) is 4.68 Å². The van der Waals surface area contributed by atoms with Gasteiger partial charge in [0.1, 0.15) is 12.9 Å². The summed E-state index contributed by atoms with van der Waals surface area (Å²) in [5.41, 5.74) is -6.97. The summed E-state index contributed by atoms with van der Waals surface area (Å²) in [5, 5.41) is 15.3. The van der Waals surface area contributed by atoms with Crippen LogP contribution in [-0.4, -0.2) is 43.3 Å². The van der Waals surface area contributed by atoms with Crippen LogP contribution in [0.4, 0.5) is 18.9 Å². The predicted octanol–water partition coefficient (Wildman–Crippen LogP) is 4.65. The van der Waals surface area contributed by atoms with Gasteiger partial charge >= 0.3 is 21.3 Å². The summed E-state index contributed by atoms with van der Waals surface area (Å²) < 4.78 is 72.1. The first kappa shape index (κ1) is 25.1. The molecule has 1 heterocycles. The highest BCUT2D eigenvalue weighted by atomic mass is 35.5. The van der Waals surface area contributed by atoms with Gasteiger partial charge in [0.15, 0.2) is 11.4 Å². The molecule has 0 radical (unpaired) electrons. The summed E-state index contributed by atoms with van der Waals surface area (Å²) in [6, 6.07) is 3.80. The van der Waals surface area contributed by atoms with Crippen molar-refractivity contribution < 1.29 is 35.4 Å². The van der Waals surface area contributed by atoms with Crippen molar-refractivity contribution in [2.45, 2.75) is 37.9 Å². The largest absolute Gasteiger partial charge is 0.534 e.